The summed E-state index contributed by atoms with van der Waals surface area (Å²) in [6.07, 6.45) is 1.21. The van der Waals surface area contributed by atoms with Crippen LogP contribution in [0.15, 0.2) is 24.3 Å². The molecule has 1 aromatic carbocycles. The molecule has 0 spiro atoms. The van der Waals surface area contributed by atoms with Gasteiger partial charge in [-0.3, -0.25) is 0 Å². The van der Waals surface area contributed by atoms with E-state index in [4.69, 9.17) is 9.88 Å². The van der Waals surface area contributed by atoms with Crippen molar-refractivity contribution in [1.29, 1.82) is 0 Å². The van der Waals surface area contributed by atoms with E-state index in [0.29, 0.717) is 25.4 Å². The first-order chi connectivity index (χ1) is 8.38. The molecule has 102 valence electrons. The molecule has 0 saturated heterocycles. The number of ether oxygens (including phenoxy) is 1. The minimum absolute atomic E-state index is 0.0163. The molecule has 0 saturated carbocycles. The van der Waals surface area contributed by atoms with Crippen molar-refractivity contribution in [2.24, 2.45) is 5.14 Å². The van der Waals surface area contributed by atoms with Crippen molar-refractivity contribution < 1.29 is 13.2 Å². The van der Waals surface area contributed by atoms with Crippen LogP contribution in [0.3, 0.4) is 0 Å². The third-order valence-electron chi connectivity index (χ3n) is 2.62. The van der Waals surface area contributed by atoms with Gasteiger partial charge in [-0.05, 0) is 36.5 Å². The number of unbranched alkanes of at least 4 members (excludes halogenated alkanes) is 1. The van der Waals surface area contributed by atoms with Crippen molar-refractivity contribution in [2.45, 2.75) is 32.6 Å². The van der Waals surface area contributed by atoms with Crippen LogP contribution in [0.5, 0.6) is 5.75 Å². The van der Waals surface area contributed by atoms with Crippen molar-refractivity contribution in [2.75, 3.05) is 12.4 Å². The van der Waals surface area contributed by atoms with Crippen LogP contribution in [0, 0.1) is 0 Å². The summed E-state index contributed by atoms with van der Waals surface area (Å²) in [5, 5.41) is 4.91. The number of hydrogen-bond acceptors (Lipinski definition) is 3. The fraction of sp³-hybridized carbons (Fsp3) is 0.538. The Morgan fingerprint density at radius 1 is 1.28 bits per heavy atom. The molecule has 18 heavy (non-hydrogen) atoms. The third kappa shape index (κ3) is 6.02. The van der Waals surface area contributed by atoms with Crippen LogP contribution < -0.4 is 9.88 Å². The summed E-state index contributed by atoms with van der Waals surface area (Å²) < 4.78 is 27.0. The Labute approximate surface area is 109 Å². The average Bonchev–Trinajstić information content (AvgIpc) is 2.27. The van der Waals surface area contributed by atoms with Crippen LogP contribution in [-0.2, 0) is 10.0 Å². The quantitative estimate of drug-likeness (QED) is 0.773. The molecule has 1 rings (SSSR count). The molecule has 0 unspecified atom stereocenters. The van der Waals surface area contributed by atoms with Gasteiger partial charge < -0.3 is 4.74 Å². The van der Waals surface area contributed by atoms with E-state index in [1.54, 1.807) is 0 Å². The fourth-order valence-corrected chi connectivity index (χ4v) is 2.17. The molecule has 1 aromatic rings. The van der Waals surface area contributed by atoms with E-state index in [1.807, 2.05) is 18.2 Å². The summed E-state index contributed by atoms with van der Waals surface area (Å²) in [6.45, 7) is 4.77. The number of sulfonamides is 1. The van der Waals surface area contributed by atoms with Crippen molar-refractivity contribution in [1.82, 2.24) is 0 Å². The van der Waals surface area contributed by atoms with Gasteiger partial charge in [-0.2, -0.15) is 0 Å². The van der Waals surface area contributed by atoms with E-state index in [9.17, 15) is 8.42 Å². The minimum Gasteiger partial charge on any atom is -0.494 e. The highest BCUT2D eigenvalue weighted by molar-refractivity contribution is 7.89. The molecule has 0 aromatic heterocycles. The van der Waals surface area contributed by atoms with Crippen molar-refractivity contribution in [3.8, 4) is 5.75 Å². The first kappa shape index (κ1) is 15.0. The van der Waals surface area contributed by atoms with Gasteiger partial charge in [0.05, 0.1) is 12.4 Å². The molecule has 5 heteroatoms. The fourth-order valence-electron chi connectivity index (χ4n) is 1.56. The summed E-state index contributed by atoms with van der Waals surface area (Å²) >= 11 is 0. The monoisotopic (exact) mass is 271 g/mol. The van der Waals surface area contributed by atoms with Crippen molar-refractivity contribution in [3.63, 3.8) is 0 Å². The first-order valence-corrected chi connectivity index (χ1v) is 7.83. The van der Waals surface area contributed by atoms with Gasteiger partial charge >= 0.3 is 0 Å². The first-order valence-electron chi connectivity index (χ1n) is 6.12. The van der Waals surface area contributed by atoms with Crippen LogP contribution in [-0.4, -0.2) is 20.8 Å². The summed E-state index contributed by atoms with van der Waals surface area (Å²) in [7, 11) is -3.34. The molecule has 4 nitrogen and oxygen atoms in total. The van der Waals surface area contributed by atoms with Crippen molar-refractivity contribution in [3.05, 3.63) is 29.8 Å². The Morgan fingerprint density at radius 2 is 2.00 bits per heavy atom. The molecule has 0 radical (unpaired) electrons. The van der Waals surface area contributed by atoms with Gasteiger partial charge in [0, 0.05) is 0 Å². The molecule has 0 atom stereocenters. The highest BCUT2D eigenvalue weighted by Crippen LogP contribution is 2.20. The minimum atomic E-state index is -3.34. The van der Waals surface area contributed by atoms with Crippen LogP contribution in [0.2, 0.25) is 0 Å². The summed E-state index contributed by atoms with van der Waals surface area (Å²) in [5.74, 6) is 1.32. The van der Waals surface area contributed by atoms with Crippen LogP contribution in [0.4, 0.5) is 0 Å². The van der Waals surface area contributed by atoms with E-state index >= 15 is 0 Å². The standard InChI is InChI=1S/C13H21NO3S/c1-11(2)12-6-5-7-13(10-12)17-8-3-4-9-18(14,15)16/h5-7,10-11H,3-4,8-9H2,1-2H3,(H2,14,15,16). The van der Waals surface area contributed by atoms with Crippen LogP contribution in [0.25, 0.3) is 0 Å². The van der Waals surface area contributed by atoms with Gasteiger partial charge in [0.25, 0.3) is 0 Å². The summed E-state index contributed by atoms with van der Waals surface area (Å²) in [4.78, 5) is 0. The number of benzene rings is 1. The Balaban J connectivity index is 2.33. The van der Waals surface area contributed by atoms with Crippen LogP contribution in [0.1, 0.15) is 38.2 Å². The van der Waals surface area contributed by atoms with Gasteiger partial charge in [-0.25, -0.2) is 13.6 Å². The molecule has 0 fully saturated rings. The Kier molecular flexibility index (Phi) is 5.62. The zero-order valence-corrected chi connectivity index (χ0v) is 11.7. The highest BCUT2D eigenvalue weighted by atomic mass is 32.2. The van der Waals surface area contributed by atoms with Crippen molar-refractivity contribution >= 4 is 10.0 Å². The molecule has 0 bridgehead atoms. The lowest BCUT2D eigenvalue weighted by molar-refractivity contribution is 0.309. The molecular formula is C13H21NO3S. The normalized spacial score (nSPS) is 11.8. The Bertz CT molecular complexity index is 469. The van der Waals surface area contributed by atoms with E-state index < -0.39 is 10.0 Å². The predicted molar refractivity (Wildman–Crippen MR) is 73.2 cm³/mol. The predicted octanol–water partition coefficient (Wildman–Crippen LogP) is 2.26. The maximum absolute atomic E-state index is 10.7. The largest absolute Gasteiger partial charge is 0.494 e. The molecule has 0 aliphatic heterocycles. The van der Waals surface area contributed by atoms with E-state index in [1.165, 1.54) is 5.56 Å². The lowest BCUT2D eigenvalue weighted by Gasteiger charge is -2.09. The molecular weight excluding hydrogens is 250 g/mol. The lowest BCUT2D eigenvalue weighted by atomic mass is 10.0. The summed E-state index contributed by atoms with van der Waals surface area (Å²) in [5.41, 5.74) is 1.23. The van der Waals surface area contributed by atoms with E-state index in [2.05, 4.69) is 19.9 Å². The van der Waals surface area contributed by atoms with Gasteiger partial charge in [0.2, 0.25) is 10.0 Å². The zero-order valence-electron chi connectivity index (χ0n) is 10.9. The zero-order chi connectivity index (χ0) is 13.6. The highest BCUT2D eigenvalue weighted by Gasteiger charge is 2.03. The Morgan fingerprint density at radius 3 is 2.61 bits per heavy atom. The third-order valence-corrected chi connectivity index (χ3v) is 3.47. The maximum atomic E-state index is 10.7. The second-order valence-electron chi connectivity index (χ2n) is 4.65. The molecule has 0 aliphatic carbocycles. The lowest BCUT2D eigenvalue weighted by Crippen LogP contribution is -2.16. The van der Waals surface area contributed by atoms with E-state index in [0.717, 1.165) is 5.75 Å². The number of primary sulfonamides is 1. The smallest absolute Gasteiger partial charge is 0.209 e. The second kappa shape index (κ2) is 6.75. The Hall–Kier alpha value is -1.07. The van der Waals surface area contributed by atoms with Gasteiger partial charge in [0.1, 0.15) is 5.75 Å². The van der Waals surface area contributed by atoms with Crippen LogP contribution >= 0.6 is 0 Å². The van der Waals surface area contributed by atoms with Gasteiger partial charge in [-0.1, -0.05) is 26.0 Å². The number of rotatable bonds is 7. The van der Waals surface area contributed by atoms with E-state index in [-0.39, 0.29) is 5.75 Å². The topological polar surface area (TPSA) is 69.4 Å². The molecule has 2 N–H and O–H groups in total. The molecule has 0 amide bonds. The number of hydrogen-bond donors (Lipinski definition) is 1. The average molecular weight is 271 g/mol. The second-order valence-corrected chi connectivity index (χ2v) is 6.38. The van der Waals surface area contributed by atoms with Gasteiger partial charge in [0.15, 0.2) is 0 Å². The van der Waals surface area contributed by atoms with Gasteiger partial charge in [-0.15, -0.1) is 0 Å². The molecule has 0 heterocycles. The molecule has 0 aliphatic rings. The SMILES string of the molecule is CC(C)c1cccc(OCCCCS(N)(=O)=O)c1. The summed E-state index contributed by atoms with van der Waals surface area (Å²) in [6, 6.07) is 7.96. The number of nitrogens with two attached hydrogens (primary N) is 1. The maximum Gasteiger partial charge on any atom is 0.209 e.